The molecule has 0 spiro atoms. The summed E-state index contributed by atoms with van der Waals surface area (Å²) in [6, 6.07) is 9.17. The summed E-state index contributed by atoms with van der Waals surface area (Å²) in [6.45, 7) is 4.05. The van der Waals surface area contributed by atoms with Gasteiger partial charge in [-0.25, -0.2) is 0 Å². The van der Waals surface area contributed by atoms with E-state index in [0.29, 0.717) is 18.8 Å². The van der Waals surface area contributed by atoms with Gasteiger partial charge in [-0.05, 0) is 6.42 Å². The normalized spacial score (nSPS) is 10.4. The Morgan fingerprint density at radius 2 is 1.76 bits per heavy atom. The molecule has 0 bridgehead atoms. The van der Waals surface area contributed by atoms with Crippen LogP contribution in [-0.4, -0.2) is 32.2 Å². The van der Waals surface area contributed by atoms with Gasteiger partial charge in [-0.1, -0.05) is 43.7 Å². The number of rotatable bonds is 9. The molecular formula is C14H20O3. The summed E-state index contributed by atoms with van der Waals surface area (Å²) in [7, 11) is 0. The number of ether oxygens (including phenoxy) is 2. The molecule has 0 saturated heterocycles. The standard InChI is InChI=1S/C14H20O3/c1-2-3-9-16-10-11-17-12-14(15)13-7-5-4-6-8-13/h4-8H,2-3,9-12H2,1H3. The zero-order valence-corrected chi connectivity index (χ0v) is 10.4. The lowest BCUT2D eigenvalue weighted by molar-refractivity contribution is 0.0432. The second-order valence-electron chi connectivity index (χ2n) is 3.81. The van der Waals surface area contributed by atoms with Gasteiger partial charge in [0.15, 0.2) is 5.78 Å². The first-order chi connectivity index (χ1) is 8.34. The van der Waals surface area contributed by atoms with E-state index in [-0.39, 0.29) is 12.4 Å². The maximum absolute atomic E-state index is 11.6. The largest absolute Gasteiger partial charge is 0.379 e. The maximum atomic E-state index is 11.6. The van der Waals surface area contributed by atoms with E-state index in [0.717, 1.165) is 19.4 Å². The molecule has 1 aromatic carbocycles. The van der Waals surface area contributed by atoms with Crippen molar-refractivity contribution in [2.75, 3.05) is 26.4 Å². The second kappa shape index (κ2) is 8.90. The molecule has 1 aromatic rings. The first-order valence-corrected chi connectivity index (χ1v) is 6.08. The molecule has 3 nitrogen and oxygen atoms in total. The third-order valence-electron chi connectivity index (χ3n) is 2.34. The van der Waals surface area contributed by atoms with Crippen molar-refractivity contribution in [2.24, 2.45) is 0 Å². The minimum atomic E-state index is 0.0131. The average molecular weight is 236 g/mol. The number of carbonyl (C=O) groups excluding carboxylic acids is 1. The van der Waals surface area contributed by atoms with Gasteiger partial charge < -0.3 is 9.47 Å². The highest BCUT2D eigenvalue weighted by molar-refractivity contribution is 5.96. The number of hydrogen-bond donors (Lipinski definition) is 0. The van der Waals surface area contributed by atoms with E-state index in [1.807, 2.05) is 18.2 Å². The van der Waals surface area contributed by atoms with E-state index in [2.05, 4.69) is 6.92 Å². The van der Waals surface area contributed by atoms with Crippen molar-refractivity contribution >= 4 is 5.78 Å². The Labute approximate surface area is 103 Å². The van der Waals surface area contributed by atoms with Gasteiger partial charge in [0, 0.05) is 12.2 Å². The van der Waals surface area contributed by atoms with Gasteiger partial charge in [0.2, 0.25) is 0 Å². The minimum Gasteiger partial charge on any atom is -0.379 e. The number of benzene rings is 1. The van der Waals surface area contributed by atoms with Crippen molar-refractivity contribution in [3.63, 3.8) is 0 Å². The summed E-state index contributed by atoms with van der Waals surface area (Å²) in [5, 5.41) is 0. The van der Waals surface area contributed by atoms with Crippen LogP contribution in [0.1, 0.15) is 30.1 Å². The van der Waals surface area contributed by atoms with E-state index in [9.17, 15) is 4.79 Å². The molecule has 0 atom stereocenters. The Bertz CT molecular complexity index is 309. The molecule has 1 rings (SSSR count). The molecule has 0 aliphatic heterocycles. The highest BCUT2D eigenvalue weighted by atomic mass is 16.5. The van der Waals surface area contributed by atoms with Gasteiger partial charge in [0.1, 0.15) is 6.61 Å². The zero-order chi connectivity index (χ0) is 12.3. The van der Waals surface area contributed by atoms with Crippen molar-refractivity contribution in [1.82, 2.24) is 0 Å². The van der Waals surface area contributed by atoms with Crippen LogP contribution >= 0.6 is 0 Å². The Morgan fingerprint density at radius 3 is 2.47 bits per heavy atom. The quantitative estimate of drug-likeness (QED) is 0.488. The number of carbonyl (C=O) groups is 1. The van der Waals surface area contributed by atoms with E-state index in [4.69, 9.17) is 9.47 Å². The molecule has 0 unspecified atom stereocenters. The summed E-state index contributed by atoms with van der Waals surface area (Å²) < 4.78 is 10.6. The molecule has 94 valence electrons. The summed E-state index contributed by atoms with van der Waals surface area (Å²) in [5.74, 6) is 0.0131. The van der Waals surface area contributed by atoms with Crippen LogP contribution in [0.4, 0.5) is 0 Å². The van der Waals surface area contributed by atoms with Gasteiger partial charge in [-0.15, -0.1) is 0 Å². The fourth-order valence-electron chi connectivity index (χ4n) is 1.34. The predicted octanol–water partition coefficient (Wildman–Crippen LogP) is 2.70. The van der Waals surface area contributed by atoms with Crippen LogP contribution in [0.15, 0.2) is 30.3 Å². The van der Waals surface area contributed by atoms with Crippen molar-refractivity contribution in [2.45, 2.75) is 19.8 Å². The summed E-state index contributed by atoms with van der Waals surface area (Å²) in [6.07, 6.45) is 2.20. The van der Waals surface area contributed by atoms with Crippen LogP contribution in [0.3, 0.4) is 0 Å². The fraction of sp³-hybridized carbons (Fsp3) is 0.500. The molecule has 0 aliphatic carbocycles. The van der Waals surface area contributed by atoms with Crippen LogP contribution in [0.25, 0.3) is 0 Å². The highest BCUT2D eigenvalue weighted by Gasteiger charge is 2.04. The van der Waals surface area contributed by atoms with E-state index in [1.54, 1.807) is 12.1 Å². The van der Waals surface area contributed by atoms with Crippen molar-refractivity contribution in [3.8, 4) is 0 Å². The van der Waals surface area contributed by atoms with Crippen molar-refractivity contribution < 1.29 is 14.3 Å². The third kappa shape index (κ3) is 6.19. The number of ketones is 1. The topological polar surface area (TPSA) is 35.5 Å². The monoisotopic (exact) mass is 236 g/mol. The van der Waals surface area contributed by atoms with E-state index < -0.39 is 0 Å². The van der Waals surface area contributed by atoms with Gasteiger partial charge in [0.05, 0.1) is 13.2 Å². The Morgan fingerprint density at radius 1 is 1.06 bits per heavy atom. The first kappa shape index (κ1) is 13.9. The number of hydrogen-bond acceptors (Lipinski definition) is 3. The molecule has 0 fully saturated rings. The van der Waals surface area contributed by atoms with Crippen LogP contribution in [0.5, 0.6) is 0 Å². The molecule has 0 heterocycles. The van der Waals surface area contributed by atoms with Gasteiger partial charge >= 0.3 is 0 Å². The molecule has 0 aliphatic rings. The maximum Gasteiger partial charge on any atom is 0.188 e. The number of Topliss-reactive ketones (excluding diaryl/α,β-unsaturated/α-hetero) is 1. The lowest BCUT2D eigenvalue weighted by Gasteiger charge is -2.04. The summed E-state index contributed by atoms with van der Waals surface area (Å²) >= 11 is 0. The average Bonchev–Trinajstić information content (AvgIpc) is 2.38. The predicted molar refractivity (Wildman–Crippen MR) is 67.3 cm³/mol. The van der Waals surface area contributed by atoms with Gasteiger partial charge in [-0.3, -0.25) is 4.79 Å². The molecule has 0 aromatic heterocycles. The van der Waals surface area contributed by atoms with Gasteiger partial charge in [-0.2, -0.15) is 0 Å². The molecule has 3 heteroatoms. The molecule has 0 amide bonds. The van der Waals surface area contributed by atoms with Crippen LogP contribution in [0.2, 0.25) is 0 Å². The highest BCUT2D eigenvalue weighted by Crippen LogP contribution is 2.00. The molecule has 0 N–H and O–H groups in total. The second-order valence-corrected chi connectivity index (χ2v) is 3.81. The van der Waals surface area contributed by atoms with Crippen molar-refractivity contribution in [3.05, 3.63) is 35.9 Å². The molecular weight excluding hydrogens is 216 g/mol. The van der Waals surface area contributed by atoms with E-state index >= 15 is 0 Å². The minimum absolute atomic E-state index is 0.0131. The third-order valence-corrected chi connectivity index (χ3v) is 2.34. The lowest BCUT2D eigenvalue weighted by atomic mass is 10.1. The fourth-order valence-corrected chi connectivity index (χ4v) is 1.34. The van der Waals surface area contributed by atoms with Crippen LogP contribution < -0.4 is 0 Å². The molecule has 0 radical (unpaired) electrons. The molecule has 0 saturated carbocycles. The molecule has 17 heavy (non-hydrogen) atoms. The smallest absolute Gasteiger partial charge is 0.188 e. The zero-order valence-electron chi connectivity index (χ0n) is 10.4. The van der Waals surface area contributed by atoms with Crippen LogP contribution in [-0.2, 0) is 9.47 Å². The van der Waals surface area contributed by atoms with Gasteiger partial charge in [0.25, 0.3) is 0 Å². The van der Waals surface area contributed by atoms with Crippen LogP contribution in [0, 0.1) is 0 Å². The van der Waals surface area contributed by atoms with Crippen molar-refractivity contribution in [1.29, 1.82) is 0 Å². The Balaban J connectivity index is 2.05. The summed E-state index contributed by atoms with van der Waals surface area (Å²) in [5.41, 5.74) is 0.694. The van der Waals surface area contributed by atoms with E-state index in [1.165, 1.54) is 0 Å². The Kier molecular flexibility index (Phi) is 7.27. The summed E-state index contributed by atoms with van der Waals surface area (Å²) in [4.78, 5) is 11.6. The SMILES string of the molecule is CCCCOCCOCC(=O)c1ccccc1. The Hall–Kier alpha value is -1.19. The lowest BCUT2D eigenvalue weighted by Crippen LogP contribution is -2.12. The first-order valence-electron chi connectivity index (χ1n) is 6.08. The number of unbranched alkanes of at least 4 members (excludes halogenated alkanes) is 1.